The van der Waals surface area contributed by atoms with Crippen molar-refractivity contribution in [2.45, 2.75) is 25.9 Å². The number of carbonyl (C=O) groups is 2. The van der Waals surface area contributed by atoms with Gasteiger partial charge in [-0.05, 0) is 48.4 Å². The molecule has 1 N–H and O–H groups in total. The first-order valence-electron chi connectivity index (χ1n) is 11.7. The number of halogens is 2. The smallest absolute Gasteiger partial charge is 0.244 e. The summed E-state index contributed by atoms with van der Waals surface area (Å²) in [5.41, 5.74) is 1.63. The number of carbonyl (C=O) groups excluding carboxylic acids is 2. The van der Waals surface area contributed by atoms with Crippen molar-refractivity contribution in [1.29, 1.82) is 0 Å². The minimum atomic E-state index is -3.94. The van der Waals surface area contributed by atoms with Gasteiger partial charge in [0.05, 0.1) is 11.9 Å². The topological polar surface area (TPSA) is 86.8 Å². The molecule has 0 unspecified atom stereocenters. The molecular weight excluding hydrogens is 561 g/mol. The van der Waals surface area contributed by atoms with Crippen LogP contribution in [0.25, 0.3) is 0 Å². The van der Waals surface area contributed by atoms with Crippen LogP contribution in [0.15, 0.2) is 83.3 Å². The van der Waals surface area contributed by atoms with E-state index in [1.54, 1.807) is 6.92 Å². The van der Waals surface area contributed by atoms with E-state index in [-0.39, 0.29) is 24.6 Å². The van der Waals surface area contributed by atoms with Gasteiger partial charge in [-0.1, -0.05) is 64.5 Å². The fraction of sp³-hybridized carbons (Fsp3) is 0.259. The van der Waals surface area contributed by atoms with Crippen molar-refractivity contribution in [2.75, 3.05) is 23.7 Å². The van der Waals surface area contributed by atoms with E-state index >= 15 is 0 Å². The molecule has 0 fully saturated rings. The number of nitrogens with zero attached hydrogens (tertiary/aromatic N) is 2. The maximum atomic E-state index is 13.9. The molecule has 0 saturated heterocycles. The Bertz CT molecular complexity index is 1320. The Kier molecular flexibility index (Phi) is 9.82. The molecule has 7 nitrogen and oxygen atoms in total. The molecule has 3 rings (SSSR count). The molecule has 3 aromatic rings. The third-order valence-electron chi connectivity index (χ3n) is 5.66. The number of amides is 2. The van der Waals surface area contributed by atoms with Gasteiger partial charge in [0.2, 0.25) is 21.8 Å². The Hall–Kier alpha value is -3.24. The van der Waals surface area contributed by atoms with Crippen molar-refractivity contribution in [3.05, 3.63) is 100 Å². The van der Waals surface area contributed by atoms with Crippen LogP contribution in [0.4, 0.5) is 10.1 Å². The van der Waals surface area contributed by atoms with Crippen molar-refractivity contribution in [3.8, 4) is 0 Å². The summed E-state index contributed by atoms with van der Waals surface area (Å²) in [6.45, 7) is 1.63. The van der Waals surface area contributed by atoms with Gasteiger partial charge >= 0.3 is 0 Å². The molecule has 0 aromatic heterocycles. The Labute approximate surface area is 225 Å². The minimum absolute atomic E-state index is 0.0251. The highest BCUT2D eigenvalue weighted by Gasteiger charge is 2.32. The lowest BCUT2D eigenvalue weighted by atomic mass is 10.0. The number of likely N-dealkylation sites (N-methyl/N-ethyl adjacent to an activating group) is 1. The van der Waals surface area contributed by atoms with Crippen molar-refractivity contribution in [2.24, 2.45) is 0 Å². The predicted molar refractivity (Wildman–Crippen MR) is 146 cm³/mol. The van der Waals surface area contributed by atoms with Crippen LogP contribution in [0, 0.1) is 5.82 Å². The second-order valence-corrected chi connectivity index (χ2v) is 11.3. The summed E-state index contributed by atoms with van der Waals surface area (Å²) in [4.78, 5) is 28.4. The number of sulfonamides is 1. The van der Waals surface area contributed by atoms with Gasteiger partial charge in [-0.25, -0.2) is 12.8 Å². The molecule has 0 spiro atoms. The molecule has 10 heteroatoms. The standard InChI is InChI=1S/C27H29BrFN3O4S/c1-3-30-27(34)25(16-20-8-5-4-6-9-20)31(18-21-12-14-22(28)15-13-21)26(33)19-32(37(2,35)36)24-11-7-10-23(29)17-24/h4-15,17,25H,3,16,18-19H2,1-2H3,(H,30,34)/t25-/m1/s1. The summed E-state index contributed by atoms with van der Waals surface area (Å²) >= 11 is 3.40. The van der Waals surface area contributed by atoms with Crippen LogP contribution in [0.1, 0.15) is 18.1 Å². The van der Waals surface area contributed by atoms with Crippen molar-refractivity contribution in [1.82, 2.24) is 10.2 Å². The average molecular weight is 591 g/mol. The van der Waals surface area contributed by atoms with E-state index in [1.807, 2.05) is 54.6 Å². The van der Waals surface area contributed by atoms with Gasteiger partial charge in [0.15, 0.2) is 0 Å². The quantitative estimate of drug-likeness (QED) is 0.364. The van der Waals surface area contributed by atoms with Gasteiger partial charge in [0.1, 0.15) is 18.4 Å². The van der Waals surface area contributed by atoms with Gasteiger partial charge in [0, 0.05) is 24.0 Å². The lowest BCUT2D eigenvalue weighted by molar-refractivity contribution is -0.140. The van der Waals surface area contributed by atoms with Gasteiger partial charge in [-0.3, -0.25) is 13.9 Å². The van der Waals surface area contributed by atoms with Crippen molar-refractivity contribution < 1.29 is 22.4 Å². The number of nitrogens with one attached hydrogen (secondary N) is 1. The van der Waals surface area contributed by atoms with E-state index in [0.29, 0.717) is 6.54 Å². The van der Waals surface area contributed by atoms with Gasteiger partial charge in [0.25, 0.3) is 0 Å². The monoisotopic (exact) mass is 589 g/mol. The highest BCUT2D eigenvalue weighted by Crippen LogP contribution is 2.21. The number of benzene rings is 3. The maximum absolute atomic E-state index is 13.9. The van der Waals surface area contributed by atoms with Crippen LogP contribution < -0.4 is 9.62 Å². The van der Waals surface area contributed by atoms with Crippen LogP contribution in [0.2, 0.25) is 0 Å². The number of rotatable bonds is 11. The Morgan fingerprint density at radius 2 is 1.65 bits per heavy atom. The third kappa shape index (κ3) is 8.13. The lowest BCUT2D eigenvalue weighted by Crippen LogP contribution is -2.53. The molecule has 0 aliphatic carbocycles. The first-order valence-corrected chi connectivity index (χ1v) is 14.3. The highest BCUT2D eigenvalue weighted by molar-refractivity contribution is 9.10. The van der Waals surface area contributed by atoms with Crippen LogP contribution >= 0.6 is 15.9 Å². The fourth-order valence-electron chi connectivity index (χ4n) is 3.88. The largest absolute Gasteiger partial charge is 0.355 e. The zero-order valence-electron chi connectivity index (χ0n) is 20.6. The molecule has 2 amide bonds. The van der Waals surface area contributed by atoms with Gasteiger partial charge in [-0.15, -0.1) is 0 Å². The van der Waals surface area contributed by atoms with E-state index in [4.69, 9.17) is 0 Å². The molecule has 37 heavy (non-hydrogen) atoms. The van der Waals surface area contributed by atoms with Crippen molar-refractivity contribution in [3.63, 3.8) is 0 Å². The van der Waals surface area contributed by atoms with E-state index in [1.165, 1.54) is 23.1 Å². The normalized spacial score (nSPS) is 12.0. The van der Waals surface area contributed by atoms with E-state index < -0.39 is 34.3 Å². The molecule has 0 aliphatic rings. The summed E-state index contributed by atoms with van der Waals surface area (Å²) in [5.74, 6) is -1.58. The van der Waals surface area contributed by atoms with E-state index in [0.717, 1.165) is 32.2 Å². The summed E-state index contributed by atoms with van der Waals surface area (Å²) < 4.78 is 40.9. The molecule has 0 radical (unpaired) electrons. The second-order valence-electron chi connectivity index (χ2n) is 8.50. The molecule has 0 bridgehead atoms. The summed E-state index contributed by atoms with van der Waals surface area (Å²) in [6, 6.07) is 20.7. The SMILES string of the molecule is CCNC(=O)[C@@H](Cc1ccccc1)N(Cc1ccc(Br)cc1)C(=O)CN(c1cccc(F)c1)S(C)(=O)=O. The lowest BCUT2D eigenvalue weighted by Gasteiger charge is -2.33. The second kappa shape index (κ2) is 12.8. The Balaban J connectivity index is 2.03. The molecule has 196 valence electrons. The number of hydrogen-bond donors (Lipinski definition) is 1. The molecule has 0 aliphatic heterocycles. The first kappa shape index (κ1) is 28.3. The van der Waals surface area contributed by atoms with Crippen LogP contribution in [0.3, 0.4) is 0 Å². The van der Waals surface area contributed by atoms with Crippen LogP contribution in [0.5, 0.6) is 0 Å². The van der Waals surface area contributed by atoms with E-state index in [9.17, 15) is 22.4 Å². The molecule has 3 aromatic carbocycles. The third-order valence-corrected chi connectivity index (χ3v) is 7.33. The van der Waals surface area contributed by atoms with Crippen molar-refractivity contribution >= 4 is 43.5 Å². The molecule has 0 saturated carbocycles. The average Bonchev–Trinajstić information content (AvgIpc) is 2.85. The highest BCUT2D eigenvalue weighted by atomic mass is 79.9. The maximum Gasteiger partial charge on any atom is 0.244 e. The molecule has 1 atom stereocenters. The summed E-state index contributed by atoms with van der Waals surface area (Å²) in [7, 11) is -3.94. The first-order chi connectivity index (χ1) is 17.6. The number of hydrogen-bond acceptors (Lipinski definition) is 4. The fourth-order valence-corrected chi connectivity index (χ4v) is 4.98. The zero-order chi connectivity index (χ0) is 27.0. The van der Waals surface area contributed by atoms with E-state index in [2.05, 4.69) is 21.2 Å². The molecular formula is C27H29BrFN3O4S. The summed E-state index contributed by atoms with van der Waals surface area (Å²) in [6.07, 6.45) is 1.18. The molecule has 0 heterocycles. The Morgan fingerprint density at radius 1 is 0.973 bits per heavy atom. The van der Waals surface area contributed by atoms with Gasteiger partial charge in [-0.2, -0.15) is 0 Å². The zero-order valence-corrected chi connectivity index (χ0v) is 23.0. The minimum Gasteiger partial charge on any atom is -0.355 e. The number of anilines is 1. The predicted octanol–water partition coefficient (Wildman–Crippen LogP) is 4.13. The van der Waals surface area contributed by atoms with Crippen LogP contribution in [-0.4, -0.2) is 50.5 Å². The Morgan fingerprint density at radius 3 is 2.24 bits per heavy atom. The summed E-state index contributed by atoms with van der Waals surface area (Å²) in [5, 5.41) is 2.80. The van der Waals surface area contributed by atoms with Crippen LogP contribution in [-0.2, 0) is 32.6 Å². The van der Waals surface area contributed by atoms with Gasteiger partial charge < -0.3 is 10.2 Å².